The second-order valence-corrected chi connectivity index (χ2v) is 9.44. The molecule has 1 unspecified atom stereocenters. The third-order valence-corrected chi connectivity index (χ3v) is 6.61. The number of nitrogens with zero attached hydrogens (tertiary/aromatic N) is 4. The van der Waals surface area contributed by atoms with Crippen LogP contribution in [0, 0.1) is 11.7 Å². The molecule has 1 N–H and O–H groups in total. The van der Waals surface area contributed by atoms with Gasteiger partial charge in [0.25, 0.3) is 0 Å². The number of hydrogen-bond acceptors (Lipinski definition) is 6. The Labute approximate surface area is 199 Å². The van der Waals surface area contributed by atoms with Gasteiger partial charge in [-0.2, -0.15) is 0 Å². The lowest BCUT2D eigenvalue weighted by Gasteiger charge is -2.38. The van der Waals surface area contributed by atoms with Crippen molar-refractivity contribution >= 4 is 23.3 Å². The largest absolute Gasteiger partial charge is 0.367 e. The third-order valence-electron chi connectivity index (χ3n) is 6.30. The van der Waals surface area contributed by atoms with Gasteiger partial charge in [-0.05, 0) is 31.0 Å². The number of rotatable bonds is 7. The van der Waals surface area contributed by atoms with Crippen LogP contribution in [0.1, 0.15) is 43.7 Å². The van der Waals surface area contributed by atoms with Gasteiger partial charge in [-0.3, -0.25) is 4.79 Å². The maximum atomic E-state index is 14.0. The highest BCUT2D eigenvalue weighted by Gasteiger charge is 2.32. The van der Waals surface area contributed by atoms with Gasteiger partial charge < -0.3 is 19.9 Å². The number of amides is 1. The molecule has 1 aromatic heterocycles. The number of benzene rings is 1. The first kappa shape index (κ1) is 23.9. The van der Waals surface area contributed by atoms with Crippen LogP contribution in [0.5, 0.6) is 0 Å². The van der Waals surface area contributed by atoms with Crippen LogP contribution in [0.4, 0.5) is 10.2 Å². The Bertz CT molecular complexity index is 997. The molecule has 0 bridgehead atoms. The quantitative estimate of drug-likeness (QED) is 0.662. The summed E-state index contributed by atoms with van der Waals surface area (Å²) in [6.45, 7) is 9.78. The van der Waals surface area contributed by atoms with Gasteiger partial charge in [-0.15, -0.1) is 0 Å². The van der Waals surface area contributed by atoms with Crippen LogP contribution >= 0.6 is 11.6 Å². The topological polar surface area (TPSA) is 70.6 Å². The molecule has 1 fully saturated rings. The summed E-state index contributed by atoms with van der Waals surface area (Å²) < 4.78 is 19.7. The number of hydrogen-bond donors (Lipinski definition) is 1. The fourth-order valence-corrected chi connectivity index (χ4v) is 4.58. The SMILES string of the molecule is CC(C)NCC(Cc1ccc(Cl)c(F)c1)C(=O)N1CCN(c2ncnc3c2[C@H](C)OC3)CC1. The normalized spacial score (nSPS) is 19.2. The fourth-order valence-electron chi connectivity index (χ4n) is 4.46. The zero-order chi connectivity index (χ0) is 23.5. The zero-order valence-corrected chi connectivity index (χ0v) is 20.1. The van der Waals surface area contributed by atoms with Crippen molar-refractivity contribution in [3.05, 3.63) is 52.2 Å². The maximum Gasteiger partial charge on any atom is 0.227 e. The van der Waals surface area contributed by atoms with Crippen molar-refractivity contribution in [2.75, 3.05) is 37.6 Å². The van der Waals surface area contributed by atoms with Crippen molar-refractivity contribution in [3.63, 3.8) is 0 Å². The Kier molecular flexibility index (Phi) is 7.46. The van der Waals surface area contributed by atoms with E-state index in [4.69, 9.17) is 16.3 Å². The molecule has 0 saturated carbocycles. The molecule has 7 nitrogen and oxygen atoms in total. The molecule has 0 aliphatic carbocycles. The summed E-state index contributed by atoms with van der Waals surface area (Å²) >= 11 is 5.83. The van der Waals surface area contributed by atoms with Crippen LogP contribution < -0.4 is 10.2 Å². The molecule has 2 aliphatic heterocycles. The number of nitrogens with one attached hydrogen (secondary N) is 1. The highest BCUT2D eigenvalue weighted by Crippen LogP contribution is 2.35. The van der Waals surface area contributed by atoms with Crippen LogP contribution in [0.3, 0.4) is 0 Å². The number of halogens is 2. The molecule has 1 aromatic carbocycles. The first-order valence-corrected chi connectivity index (χ1v) is 11.9. The summed E-state index contributed by atoms with van der Waals surface area (Å²) in [5, 5.41) is 3.46. The molecule has 1 amide bonds. The van der Waals surface area contributed by atoms with Crippen molar-refractivity contribution in [2.24, 2.45) is 5.92 Å². The lowest BCUT2D eigenvalue weighted by atomic mass is 9.97. The van der Waals surface area contributed by atoms with Crippen LogP contribution in [0.15, 0.2) is 24.5 Å². The second kappa shape index (κ2) is 10.3. The van der Waals surface area contributed by atoms with Gasteiger partial charge in [0, 0.05) is 44.3 Å². The number of ether oxygens (including phenoxy) is 1. The second-order valence-electron chi connectivity index (χ2n) is 9.04. The van der Waals surface area contributed by atoms with Gasteiger partial charge >= 0.3 is 0 Å². The minimum Gasteiger partial charge on any atom is -0.367 e. The van der Waals surface area contributed by atoms with Crippen molar-refractivity contribution in [1.82, 2.24) is 20.2 Å². The minimum atomic E-state index is -0.457. The fraction of sp³-hybridized carbons (Fsp3) is 0.542. The Morgan fingerprint density at radius 1 is 1.27 bits per heavy atom. The highest BCUT2D eigenvalue weighted by atomic mass is 35.5. The van der Waals surface area contributed by atoms with E-state index < -0.39 is 5.82 Å². The average molecular weight is 476 g/mol. The molecular formula is C24H31ClFN5O2. The molecule has 2 aromatic rings. The molecule has 2 atom stereocenters. The van der Waals surface area contributed by atoms with Gasteiger partial charge in [0.2, 0.25) is 5.91 Å². The molecule has 33 heavy (non-hydrogen) atoms. The van der Waals surface area contributed by atoms with Crippen molar-refractivity contribution in [2.45, 2.75) is 45.9 Å². The van der Waals surface area contributed by atoms with Gasteiger partial charge in [0.15, 0.2) is 0 Å². The summed E-state index contributed by atoms with van der Waals surface area (Å²) in [7, 11) is 0. The molecule has 1 saturated heterocycles. The highest BCUT2D eigenvalue weighted by molar-refractivity contribution is 6.30. The van der Waals surface area contributed by atoms with Crippen LogP contribution in [0.2, 0.25) is 5.02 Å². The van der Waals surface area contributed by atoms with E-state index in [1.807, 2.05) is 25.7 Å². The van der Waals surface area contributed by atoms with Gasteiger partial charge in [-0.25, -0.2) is 14.4 Å². The minimum absolute atomic E-state index is 0.0258. The smallest absolute Gasteiger partial charge is 0.227 e. The Balaban J connectivity index is 1.43. The summed E-state index contributed by atoms with van der Waals surface area (Å²) in [6.07, 6.45) is 2.02. The standard InChI is InChI=1S/C24H31ClFN5O2/c1-15(2)27-12-18(10-17-4-5-19(25)20(26)11-17)24(32)31-8-6-30(7-9-31)23-22-16(3)33-13-21(22)28-14-29-23/h4-5,11,14-16,18,27H,6-10,12-13H2,1-3H3/t16-,18?/m0/s1. The van der Waals surface area contributed by atoms with E-state index in [1.54, 1.807) is 18.5 Å². The first-order chi connectivity index (χ1) is 15.8. The van der Waals surface area contributed by atoms with E-state index >= 15 is 0 Å². The number of fused-ring (bicyclic) bond motifs is 1. The number of piperazine rings is 1. The molecule has 9 heteroatoms. The molecule has 3 heterocycles. The van der Waals surface area contributed by atoms with Gasteiger partial charge in [-0.1, -0.05) is 31.5 Å². The summed E-state index contributed by atoms with van der Waals surface area (Å²) in [5.41, 5.74) is 2.77. The van der Waals surface area contributed by atoms with Crippen molar-refractivity contribution in [3.8, 4) is 0 Å². The van der Waals surface area contributed by atoms with Crippen molar-refractivity contribution < 1.29 is 13.9 Å². The van der Waals surface area contributed by atoms with E-state index in [-0.39, 0.29) is 29.0 Å². The number of anilines is 1. The Morgan fingerprint density at radius 2 is 2.03 bits per heavy atom. The summed E-state index contributed by atoms with van der Waals surface area (Å²) in [4.78, 5) is 26.5. The average Bonchev–Trinajstić information content (AvgIpc) is 3.19. The monoisotopic (exact) mass is 475 g/mol. The van der Waals surface area contributed by atoms with E-state index in [1.165, 1.54) is 6.07 Å². The van der Waals surface area contributed by atoms with Crippen molar-refractivity contribution in [1.29, 1.82) is 0 Å². The third kappa shape index (κ3) is 5.45. The summed E-state index contributed by atoms with van der Waals surface area (Å²) in [6, 6.07) is 5.02. The number of aromatic nitrogens is 2. The number of carbonyl (C=O) groups excluding carboxylic acids is 1. The van der Waals surface area contributed by atoms with E-state index in [0.29, 0.717) is 45.8 Å². The predicted octanol–water partition coefficient (Wildman–Crippen LogP) is 3.37. The Morgan fingerprint density at radius 3 is 2.73 bits per heavy atom. The Hall–Kier alpha value is -2.29. The van der Waals surface area contributed by atoms with E-state index in [9.17, 15) is 9.18 Å². The number of carbonyl (C=O) groups is 1. The van der Waals surface area contributed by atoms with Gasteiger partial charge in [0.1, 0.15) is 18.0 Å². The zero-order valence-electron chi connectivity index (χ0n) is 19.4. The maximum absolute atomic E-state index is 14.0. The van der Waals surface area contributed by atoms with Crippen LogP contribution in [-0.2, 0) is 22.6 Å². The lowest BCUT2D eigenvalue weighted by Crippen LogP contribution is -2.52. The first-order valence-electron chi connectivity index (χ1n) is 11.5. The predicted molar refractivity (Wildman–Crippen MR) is 126 cm³/mol. The lowest BCUT2D eigenvalue weighted by molar-refractivity contribution is -0.135. The molecule has 0 spiro atoms. The van der Waals surface area contributed by atoms with E-state index in [2.05, 4.69) is 20.2 Å². The molecular weight excluding hydrogens is 445 g/mol. The molecule has 4 rings (SSSR count). The molecule has 178 valence electrons. The van der Waals surface area contributed by atoms with Crippen LogP contribution in [-0.4, -0.2) is 59.5 Å². The molecule has 2 aliphatic rings. The van der Waals surface area contributed by atoms with Crippen LogP contribution in [0.25, 0.3) is 0 Å². The van der Waals surface area contributed by atoms with E-state index in [0.717, 1.165) is 22.6 Å². The molecule has 0 radical (unpaired) electrons. The summed E-state index contributed by atoms with van der Waals surface area (Å²) in [5.74, 6) is 0.257. The van der Waals surface area contributed by atoms with Gasteiger partial charge in [0.05, 0.1) is 29.3 Å².